The largest absolute Gasteiger partial charge is 0.436 e. The number of H-pyrrole nitrogens is 1. The van der Waals surface area contributed by atoms with Crippen LogP contribution in [0.3, 0.4) is 0 Å². The zero-order chi connectivity index (χ0) is 21.9. The van der Waals surface area contributed by atoms with Gasteiger partial charge in [-0.25, -0.2) is 15.0 Å². The maximum absolute atomic E-state index is 12.8. The molecular weight excluding hydrogens is 406 g/mol. The molecule has 0 radical (unpaired) electrons. The van der Waals surface area contributed by atoms with Crippen molar-refractivity contribution in [3.8, 4) is 11.6 Å². The summed E-state index contributed by atoms with van der Waals surface area (Å²) in [5, 5.41) is 0. The Kier molecular flexibility index (Phi) is 5.51. The molecule has 0 amide bonds. The van der Waals surface area contributed by atoms with Crippen molar-refractivity contribution in [2.75, 3.05) is 25.2 Å². The third-order valence-electron chi connectivity index (χ3n) is 5.59. The number of para-hydroxylation sites is 2. The van der Waals surface area contributed by atoms with Crippen LogP contribution in [0.1, 0.15) is 29.0 Å². The van der Waals surface area contributed by atoms with Crippen molar-refractivity contribution in [2.24, 2.45) is 0 Å². The van der Waals surface area contributed by atoms with Gasteiger partial charge in [-0.1, -0.05) is 12.1 Å². The molecule has 1 fully saturated rings. The fourth-order valence-corrected chi connectivity index (χ4v) is 4.05. The number of ketones is 1. The van der Waals surface area contributed by atoms with Crippen molar-refractivity contribution in [3.05, 3.63) is 72.3 Å². The molecule has 0 spiro atoms. The van der Waals surface area contributed by atoms with Gasteiger partial charge in [0.1, 0.15) is 5.75 Å². The lowest BCUT2D eigenvalue weighted by atomic mass is 10.1. The van der Waals surface area contributed by atoms with Gasteiger partial charge in [-0.15, -0.1) is 0 Å². The molecule has 0 saturated carbocycles. The minimum atomic E-state index is -0.174. The number of nitrogens with zero attached hydrogens (tertiary/aromatic N) is 4. The molecular formula is C24H23N5O3. The topological polar surface area (TPSA) is 93.2 Å². The second-order valence-electron chi connectivity index (χ2n) is 7.69. The average Bonchev–Trinajstić information content (AvgIpc) is 3.47. The van der Waals surface area contributed by atoms with Gasteiger partial charge >= 0.3 is 0 Å². The Morgan fingerprint density at radius 2 is 1.94 bits per heavy atom. The third kappa shape index (κ3) is 3.92. The number of anilines is 1. The van der Waals surface area contributed by atoms with Gasteiger partial charge < -0.3 is 19.4 Å². The summed E-state index contributed by atoms with van der Waals surface area (Å²) in [7, 11) is 1.71. The molecule has 2 aromatic carbocycles. The predicted octanol–water partition coefficient (Wildman–Crippen LogP) is 3.99. The highest BCUT2D eigenvalue weighted by Crippen LogP contribution is 2.33. The molecule has 0 unspecified atom stereocenters. The van der Waals surface area contributed by atoms with Crippen LogP contribution >= 0.6 is 0 Å². The Labute approximate surface area is 185 Å². The van der Waals surface area contributed by atoms with E-state index in [-0.39, 0.29) is 11.8 Å². The molecule has 1 aliphatic rings. The number of imidazole rings is 1. The van der Waals surface area contributed by atoms with E-state index in [9.17, 15) is 4.79 Å². The summed E-state index contributed by atoms with van der Waals surface area (Å²) in [6.07, 6.45) is 5.39. The number of nitrogens with one attached hydrogen (secondary N) is 1. The fraction of sp³-hybridized carbons (Fsp3) is 0.250. The molecule has 0 bridgehead atoms. The highest BCUT2D eigenvalue weighted by molar-refractivity contribution is 6.08. The fourth-order valence-electron chi connectivity index (χ4n) is 4.05. The molecule has 1 saturated heterocycles. The van der Waals surface area contributed by atoms with Crippen LogP contribution in [0.25, 0.3) is 11.0 Å². The van der Waals surface area contributed by atoms with Crippen LogP contribution in [0, 0.1) is 0 Å². The van der Waals surface area contributed by atoms with E-state index in [2.05, 4.69) is 24.8 Å². The standard InChI is InChI=1S/C24H23N5O3/c1-31-15-17-5-4-14-29(17)23-24(26-13-12-25-23)32-18-10-8-16(9-11-18)21(30)22-27-19-6-2-3-7-20(19)28-22/h2-3,6-13,17H,4-5,14-15H2,1H3,(H,27,28)/t17-/m0/s1. The van der Waals surface area contributed by atoms with Crippen LogP contribution in [-0.2, 0) is 4.74 Å². The highest BCUT2D eigenvalue weighted by Gasteiger charge is 2.28. The highest BCUT2D eigenvalue weighted by atomic mass is 16.5. The summed E-state index contributed by atoms with van der Waals surface area (Å²) >= 11 is 0. The van der Waals surface area contributed by atoms with Gasteiger partial charge in [0.25, 0.3) is 5.88 Å². The number of aromatic nitrogens is 4. The molecule has 2 aromatic heterocycles. The van der Waals surface area contributed by atoms with Crippen LogP contribution in [-0.4, -0.2) is 52.0 Å². The second-order valence-corrected chi connectivity index (χ2v) is 7.69. The summed E-state index contributed by atoms with van der Waals surface area (Å²) in [6, 6.07) is 14.8. The average molecular weight is 429 g/mol. The number of aromatic amines is 1. The Balaban J connectivity index is 1.35. The molecule has 8 nitrogen and oxygen atoms in total. The maximum Gasteiger partial charge on any atom is 0.263 e. The van der Waals surface area contributed by atoms with Gasteiger partial charge in [0.2, 0.25) is 5.78 Å². The first-order valence-electron chi connectivity index (χ1n) is 10.6. The normalized spacial score (nSPS) is 15.9. The van der Waals surface area contributed by atoms with Crippen LogP contribution in [0.15, 0.2) is 60.9 Å². The first kappa shape index (κ1) is 20.1. The van der Waals surface area contributed by atoms with E-state index in [1.165, 1.54) is 0 Å². The van der Waals surface area contributed by atoms with Crippen molar-refractivity contribution < 1.29 is 14.3 Å². The quantitative estimate of drug-likeness (QED) is 0.444. The molecule has 1 N–H and O–H groups in total. The van der Waals surface area contributed by atoms with E-state index in [4.69, 9.17) is 9.47 Å². The Hall–Kier alpha value is -3.78. The first-order chi connectivity index (χ1) is 15.7. The molecule has 1 aliphatic heterocycles. The predicted molar refractivity (Wildman–Crippen MR) is 120 cm³/mol. The summed E-state index contributed by atoms with van der Waals surface area (Å²) in [5.41, 5.74) is 2.12. The number of carbonyl (C=O) groups excluding carboxylic acids is 1. The van der Waals surface area contributed by atoms with Gasteiger partial charge in [-0.2, -0.15) is 0 Å². The minimum absolute atomic E-state index is 0.174. The summed E-state index contributed by atoms with van der Waals surface area (Å²) in [6.45, 7) is 1.52. The van der Waals surface area contributed by atoms with E-state index in [1.807, 2.05) is 24.3 Å². The molecule has 32 heavy (non-hydrogen) atoms. The smallest absolute Gasteiger partial charge is 0.263 e. The number of ether oxygens (including phenoxy) is 2. The minimum Gasteiger partial charge on any atom is -0.436 e. The van der Waals surface area contributed by atoms with E-state index < -0.39 is 0 Å². The molecule has 8 heteroatoms. The second kappa shape index (κ2) is 8.76. The number of methoxy groups -OCH3 is 1. The Bertz CT molecular complexity index is 1200. The zero-order valence-corrected chi connectivity index (χ0v) is 17.7. The molecule has 162 valence electrons. The van der Waals surface area contributed by atoms with Crippen molar-refractivity contribution >= 4 is 22.6 Å². The molecule has 4 aromatic rings. The van der Waals surface area contributed by atoms with Crippen molar-refractivity contribution in [1.29, 1.82) is 0 Å². The maximum atomic E-state index is 12.8. The van der Waals surface area contributed by atoms with E-state index in [1.54, 1.807) is 43.8 Å². The SMILES string of the molecule is COC[C@@H]1CCCN1c1nccnc1Oc1ccc(C(=O)c2nc3ccccc3[nH]2)cc1. The van der Waals surface area contributed by atoms with E-state index in [0.29, 0.717) is 35.4 Å². The van der Waals surface area contributed by atoms with E-state index >= 15 is 0 Å². The van der Waals surface area contributed by atoms with Crippen LogP contribution in [0.5, 0.6) is 11.6 Å². The number of hydrogen-bond donors (Lipinski definition) is 1. The molecule has 5 rings (SSSR count). The molecule has 3 heterocycles. The number of benzene rings is 2. The lowest BCUT2D eigenvalue weighted by Gasteiger charge is -2.26. The number of hydrogen-bond acceptors (Lipinski definition) is 7. The summed E-state index contributed by atoms with van der Waals surface area (Å²) in [5.74, 6) is 1.86. The van der Waals surface area contributed by atoms with Crippen molar-refractivity contribution in [1.82, 2.24) is 19.9 Å². The number of carbonyl (C=O) groups is 1. The van der Waals surface area contributed by atoms with Gasteiger partial charge in [0, 0.05) is 31.6 Å². The summed E-state index contributed by atoms with van der Waals surface area (Å²) < 4.78 is 11.4. The summed E-state index contributed by atoms with van der Waals surface area (Å²) in [4.78, 5) is 31.4. The lowest BCUT2D eigenvalue weighted by molar-refractivity contribution is 0.103. The van der Waals surface area contributed by atoms with Gasteiger partial charge in [-0.05, 0) is 49.2 Å². The van der Waals surface area contributed by atoms with Crippen molar-refractivity contribution in [2.45, 2.75) is 18.9 Å². The van der Waals surface area contributed by atoms with Crippen molar-refractivity contribution in [3.63, 3.8) is 0 Å². The molecule has 0 aliphatic carbocycles. The lowest BCUT2D eigenvalue weighted by Crippen LogP contribution is -2.33. The third-order valence-corrected chi connectivity index (χ3v) is 5.59. The van der Waals surface area contributed by atoms with Gasteiger partial charge in [0.05, 0.1) is 23.7 Å². The van der Waals surface area contributed by atoms with Gasteiger partial charge in [-0.3, -0.25) is 4.79 Å². The monoisotopic (exact) mass is 429 g/mol. The van der Waals surface area contributed by atoms with E-state index in [0.717, 1.165) is 30.4 Å². The van der Waals surface area contributed by atoms with Crippen LogP contribution in [0.2, 0.25) is 0 Å². The molecule has 1 atom stereocenters. The van der Waals surface area contributed by atoms with Crippen LogP contribution in [0.4, 0.5) is 5.82 Å². The van der Waals surface area contributed by atoms with Gasteiger partial charge in [0.15, 0.2) is 11.6 Å². The number of fused-ring (bicyclic) bond motifs is 1. The Morgan fingerprint density at radius 3 is 2.75 bits per heavy atom. The number of rotatable bonds is 7. The Morgan fingerprint density at radius 1 is 1.12 bits per heavy atom. The zero-order valence-electron chi connectivity index (χ0n) is 17.7. The first-order valence-corrected chi connectivity index (χ1v) is 10.6. The van der Waals surface area contributed by atoms with Crippen LogP contribution < -0.4 is 9.64 Å².